The zero-order chi connectivity index (χ0) is 19.4. The molecule has 0 saturated carbocycles. The Morgan fingerprint density at radius 2 is 1.86 bits per heavy atom. The normalized spacial score (nSPS) is 15.9. The predicted octanol–water partition coefficient (Wildman–Crippen LogP) is 4.57. The number of aldehydes is 1. The number of rotatable bonds is 5. The molecule has 0 bridgehead atoms. The summed E-state index contributed by atoms with van der Waals surface area (Å²) in [5.74, 6) is 0.0120. The van der Waals surface area contributed by atoms with Gasteiger partial charge in [0, 0.05) is 31.1 Å². The summed E-state index contributed by atoms with van der Waals surface area (Å²) < 4.78 is 0. The summed E-state index contributed by atoms with van der Waals surface area (Å²) in [5.41, 5.74) is 2.53. The molecule has 1 aromatic carbocycles. The molecule has 0 radical (unpaired) electrons. The van der Waals surface area contributed by atoms with Gasteiger partial charge in [-0.3, -0.25) is 9.78 Å². The molecule has 1 aliphatic heterocycles. The van der Waals surface area contributed by atoms with E-state index in [4.69, 9.17) is 0 Å². The second kappa shape index (κ2) is 8.07. The number of thiophene rings is 1. The van der Waals surface area contributed by atoms with Crippen LogP contribution >= 0.6 is 11.3 Å². The minimum absolute atomic E-state index is 0.0120. The summed E-state index contributed by atoms with van der Waals surface area (Å²) in [5, 5.41) is 2.02. The number of pyridine rings is 1. The van der Waals surface area contributed by atoms with Gasteiger partial charge in [-0.25, -0.2) is 0 Å². The van der Waals surface area contributed by atoms with Crippen LogP contribution in [0.2, 0.25) is 0 Å². The summed E-state index contributed by atoms with van der Waals surface area (Å²) in [4.78, 5) is 31.7. The molecule has 28 heavy (non-hydrogen) atoms. The summed E-state index contributed by atoms with van der Waals surface area (Å²) in [6.45, 7) is 1.29. The molecule has 0 unspecified atom stereocenters. The van der Waals surface area contributed by atoms with Crippen LogP contribution in [-0.2, 0) is 10.2 Å². The monoisotopic (exact) mass is 390 g/mol. The number of nitrogens with zero attached hydrogens (tertiary/aromatic N) is 2. The van der Waals surface area contributed by atoms with Gasteiger partial charge in [-0.15, -0.1) is 11.3 Å². The van der Waals surface area contributed by atoms with Crippen molar-refractivity contribution in [3.8, 4) is 10.6 Å². The van der Waals surface area contributed by atoms with Crippen LogP contribution in [0.15, 0.2) is 66.2 Å². The number of piperidine rings is 1. The molecular weight excluding hydrogens is 368 g/mol. The molecular formula is C23H22N2O2S. The van der Waals surface area contributed by atoms with Gasteiger partial charge >= 0.3 is 0 Å². The minimum atomic E-state index is -0.166. The molecule has 0 spiro atoms. The van der Waals surface area contributed by atoms with E-state index in [2.05, 4.69) is 17.1 Å². The molecule has 2 aromatic heterocycles. The maximum absolute atomic E-state index is 12.9. The van der Waals surface area contributed by atoms with Crippen LogP contribution in [0, 0.1) is 0 Å². The maximum Gasteiger partial charge on any atom is 0.255 e. The maximum atomic E-state index is 12.9. The van der Waals surface area contributed by atoms with Gasteiger partial charge in [-0.1, -0.05) is 36.4 Å². The Labute approximate surface area is 168 Å². The first-order chi connectivity index (χ1) is 13.7. The highest BCUT2D eigenvalue weighted by molar-refractivity contribution is 7.13. The minimum Gasteiger partial charge on any atom is -0.339 e. The molecule has 4 nitrogen and oxygen atoms in total. The highest BCUT2D eigenvalue weighted by atomic mass is 32.1. The SMILES string of the molecule is O=CCC1(c2ccccc2)CCN(C(=O)c2ccc(-c3cccs3)nc2)CC1. The molecule has 1 amide bonds. The Kier molecular flexibility index (Phi) is 5.35. The van der Waals surface area contributed by atoms with Crippen LogP contribution < -0.4 is 0 Å². The van der Waals surface area contributed by atoms with Crippen LogP contribution in [0.1, 0.15) is 35.2 Å². The summed E-state index contributed by atoms with van der Waals surface area (Å²) in [7, 11) is 0. The van der Waals surface area contributed by atoms with Crippen molar-refractivity contribution in [2.45, 2.75) is 24.7 Å². The second-order valence-electron chi connectivity index (χ2n) is 7.22. The Hall–Kier alpha value is -2.79. The topological polar surface area (TPSA) is 50.3 Å². The number of benzene rings is 1. The number of carbonyl (C=O) groups excluding carboxylic acids is 2. The number of amides is 1. The number of likely N-dealkylation sites (tertiary alicyclic amines) is 1. The average Bonchev–Trinajstić information content (AvgIpc) is 3.30. The summed E-state index contributed by atoms with van der Waals surface area (Å²) >= 11 is 1.63. The van der Waals surface area contributed by atoms with E-state index in [0.717, 1.165) is 29.7 Å². The van der Waals surface area contributed by atoms with Crippen LogP contribution in [0.3, 0.4) is 0 Å². The Morgan fingerprint density at radius 3 is 2.46 bits per heavy atom. The third-order valence-corrected chi connectivity index (χ3v) is 6.54. The van der Waals surface area contributed by atoms with Gasteiger partial charge in [0.05, 0.1) is 16.1 Å². The highest BCUT2D eigenvalue weighted by Crippen LogP contribution is 2.38. The number of aromatic nitrogens is 1. The van der Waals surface area contributed by atoms with Crippen LogP contribution in [0.25, 0.3) is 10.6 Å². The van der Waals surface area contributed by atoms with Crippen molar-refractivity contribution in [2.24, 2.45) is 0 Å². The fourth-order valence-electron chi connectivity index (χ4n) is 3.97. The summed E-state index contributed by atoms with van der Waals surface area (Å²) in [6, 6.07) is 18.0. The lowest BCUT2D eigenvalue weighted by Crippen LogP contribution is -2.45. The molecule has 3 heterocycles. The van der Waals surface area contributed by atoms with Crippen LogP contribution in [0.4, 0.5) is 0 Å². The van der Waals surface area contributed by atoms with E-state index in [1.807, 2.05) is 52.7 Å². The van der Waals surface area contributed by atoms with Gasteiger partial charge in [0.1, 0.15) is 6.29 Å². The molecule has 5 heteroatoms. The number of hydrogen-bond acceptors (Lipinski definition) is 4. The lowest BCUT2D eigenvalue weighted by molar-refractivity contribution is -0.109. The van der Waals surface area contributed by atoms with E-state index < -0.39 is 0 Å². The van der Waals surface area contributed by atoms with Crippen molar-refractivity contribution < 1.29 is 9.59 Å². The third-order valence-electron chi connectivity index (χ3n) is 5.65. The zero-order valence-electron chi connectivity index (χ0n) is 15.6. The molecule has 0 atom stereocenters. The first kappa shape index (κ1) is 18.6. The van der Waals surface area contributed by atoms with Gasteiger partial charge in [-0.05, 0) is 42.0 Å². The van der Waals surface area contributed by atoms with E-state index in [-0.39, 0.29) is 11.3 Å². The van der Waals surface area contributed by atoms with Gasteiger partial charge in [0.25, 0.3) is 5.91 Å². The second-order valence-corrected chi connectivity index (χ2v) is 8.17. The van der Waals surface area contributed by atoms with Gasteiger partial charge in [0.2, 0.25) is 0 Å². The Bertz CT molecular complexity index is 929. The Morgan fingerprint density at radius 1 is 1.07 bits per heavy atom. The standard InChI is InChI=1S/C23H22N2O2S/c26-15-12-23(19-5-2-1-3-6-19)10-13-25(14-11-23)22(27)18-8-9-20(24-17-18)21-7-4-16-28-21/h1-9,15-17H,10-14H2. The van der Waals surface area contributed by atoms with Crippen molar-refractivity contribution in [1.29, 1.82) is 0 Å². The van der Waals surface area contributed by atoms with Crippen LogP contribution in [0.5, 0.6) is 0 Å². The lowest BCUT2D eigenvalue weighted by atomic mass is 9.71. The fraction of sp³-hybridized carbons (Fsp3) is 0.261. The molecule has 1 aliphatic rings. The first-order valence-corrected chi connectivity index (χ1v) is 10.4. The summed E-state index contributed by atoms with van der Waals surface area (Å²) in [6.07, 6.45) is 4.76. The van der Waals surface area contributed by atoms with Crippen LogP contribution in [-0.4, -0.2) is 35.2 Å². The third kappa shape index (κ3) is 3.62. The average molecular weight is 391 g/mol. The van der Waals surface area contributed by atoms with Crippen molar-refractivity contribution in [3.63, 3.8) is 0 Å². The van der Waals surface area contributed by atoms with E-state index in [0.29, 0.717) is 25.1 Å². The first-order valence-electron chi connectivity index (χ1n) is 9.50. The van der Waals surface area contributed by atoms with E-state index >= 15 is 0 Å². The smallest absolute Gasteiger partial charge is 0.255 e. The molecule has 0 aliphatic carbocycles. The fourth-order valence-corrected chi connectivity index (χ4v) is 4.68. The molecule has 1 saturated heterocycles. The molecule has 4 rings (SSSR count). The van der Waals surface area contributed by atoms with Crippen molar-refractivity contribution >= 4 is 23.5 Å². The lowest BCUT2D eigenvalue weighted by Gasteiger charge is -2.41. The molecule has 1 fully saturated rings. The Balaban J connectivity index is 1.47. The van der Waals surface area contributed by atoms with Gasteiger partial charge < -0.3 is 9.69 Å². The quantitative estimate of drug-likeness (QED) is 0.600. The largest absolute Gasteiger partial charge is 0.339 e. The molecule has 3 aromatic rings. The zero-order valence-corrected chi connectivity index (χ0v) is 16.4. The van der Waals surface area contributed by atoms with E-state index in [1.54, 1.807) is 17.5 Å². The number of hydrogen-bond donors (Lipinski definition) is 0. The molecule has 0 N–H and O–H groups in total. The predicted molar refractivity (Wildman–Crippen MR) is 111 cm³/mol. The van der Waals surface area contributed by atoms with E-state index in [9.17, 15) is 9.59 Å². The van der Waals surface area contributed by atoms with Crippen molar-refractivity contribution in [1.82, 2.24) is 9.88 Å². The van der Waals surface area contributed by atoms with Gasteiger partial charge in [0.15, 0.2) is 0 Å². The van der Waals surface area contributed by atoms with Crippen molar-refractivity contribution in [3.05, 3.63) is 77.3 Å². The molecule has 142 valence electrons. The van der Waals surface area contributed by atoms with Crippen molar-refractivity contribution in [2.75, 3.05) is 13.1 Å². The number of carbonyl (C=O) groups is 2. The highest BCUT2D eigenvalue weighted by Gasteiger charge is 2.37. The van der Waals surface area contributed by atoms with Gasteiger partial charge in [-0.2, -0.15) is 0 Å². The van der Waals surface area contributed by atoms with E-state index in [1.165, 1.54) is 5.56 Å².